The summed E-state index contributed by atoms with van der Waals surface area (Å²) in [5.74, 6) is -1.69. The molecule has 1 aromatic heterocycles. The van der Waals surface area contributed by atoms with Gasteiger partial charge in [-0.3, -0.25) is 14.6 Å². The van der Waals surface area contributed by atoms with Gasteiger partial charge >= 0.3 is 5.97 Å². The van der Waals surface area contributed by atoms with Crippen LogP contribution in [0.2, 0.25) is 0 Å². The molecule has 3 aromatic carbocycles. The second kappa shape index (κ2) is 12.0. The number of hydrogen-bond donors (Lipinski definition) is 3. The van der Waals surface area contributed by atoms with Crippen molar-refractivity contribution >= 4 is 34.8 Å². The van der Waals surface area contributed by atoms with E-state index in [1.807, 2.05) is 30.1 Å². The van der Waals surface area contributed by atoms with Crippen LogP contribution >= 0.6 is 0 Å². The minimum Gasteiger partial charge on any atom is -0.464 e. The molecule has 0 radical (unpaired) electrons. The van der Waals surface area contributed by atoms with Gasteiger partial charge < -0.3 is 26.0 Å². The molecule has 208 valence electrons. The second-order valence-electron chi connectivity index (χ2n) is 9.55. The summed E-state index contributed by atoms with van der Waals surface area (Å²) in [5, 5.41) is 5.45. The van der Waals surface area contributed by atoms with Gasteiger partial charge in [-0.1, -0.05) is 18.2 Å². The van der Waals surface area contributed by atoms with Gasteiger partial charge in [0.05, 0.1) is 18.5 Å². The largest absolute Gasteiger partial charge is 0.464 e. The predicted molar refractivity (Wildman–Crippen MR) is 154 cm³/mol. The molecule has 0 saturated carbocycles. The maximum Gasteiger partial charge on any atom is 0.328 e. The average molecular weight is 554 g/mol. The molecule has 1 saturated heterocycles. The molecule has 2 heterocycles. The van der Waals surface area contributed by atoms with E-state index in [0.29, 0.717) is 41.0 Å². The van der Waals surface area contributed by atoms with Gasteiger partial charge in [-0.2, -0.15) is 0 Å². The Morgan fingerprint density at radius 3 is 2.49 bits per heavy atom. The van der Waals surface area contributed by atoms with E-state index in [1.165, 1.54) is 12.3 Å². The molecule has 1 atom stereocenters. The van der Waals surface area contributed by atoms with E-state index in [0.717, 1.165) is 17.4 Å². The maximum absolute atomic E-state index is 14.0. The fourth-order valence-electron chi connectivity index (χ4n) is 4.66. The number of hydrogen-bond acceptors (Lipinski definition) is 7. The summed E-state index contributed by atoms with van der Waals surface area (Å²) >= 11 is 0. The van der Waals surface area contributed by atoms with Crippen molar-refractivity contribution in [1.82, 2.24) is 4.98 Å². The summed E-state index contributed by atoms with van der Waals surface area (Å²) in [6.45, 7) is 0.628. The average Bonchev–Trinajstić information content (AvgIpc) is 3.43. The minimum atomic E-state index is -0.640. The molecule has 0 aliphatic carbocycles. The summed E-state index contributed by atoms with van der Waals surface area (Å²) in [6.07, 6.45) is 3.04. The van der Waals surface area contributed by atoms with Gasteiger partial charge in [0.15, 0.2) is 5.82 Å². The van der Waals surface area contributed by atoms with E-state index in [4.69, 9.17) is 10.5 Å². The lowest BCUT2D eigenvalue weighted by molar-refractivity contribution is -0.139. The number of esters is 1. The number of carbonyl (C=O) groups excluding carboxylic acids is 3. The third kappa shape index (κ3) is 6.07. The van der Waals surface area contributed by atoms with E-state index >= 15 is 0 Å². The molecule has 2 amide bonds. The number of nitrogens with two attached hydrogens (primary N) is 1. The Hall–Kier alpha value is -5.09. The van der Waals surface area contributed by atoms with Gasteiger partial charge in [-0.25, -0.2) is 9.18 Å². The molecule has 0 bridgehead atoms. The van der Waals surface area contributed by atoms with Gasteiger partial charge in [-0.15, -0.1) is 0 Å². The SMILES string of the molecule is CN(c1ccc(NC(=O)c2cccc(-c3cc(C(=O)Nc4ccncc4F)ccc3CN)c2)cc1)C1CCOC1=O. The highest BCUT2D eigenvalue weighted by atomic mass is 19.1. The fraction of sp³-hybridized carbons (Fsp3) is 0.161. The van der Waals surface area contributed by atoms with Crippen molar-refractivity contribution in [3.63, 3.8) is 0 Å². The van der Waals surface area contributed by atoms with Crippen LogP contribution < -0.4 is 21.3 Å². The Bertz CT molecular complexity index is 1610. The van der Waals surface area contributed by atoms with Crippen LogP contribution in [-0.4, -0.2) is 42.5 Å². The first-order valence-electron chi connectivity index (χ1n) is 13.0. The lowest BCUT2D eigenvalue weighted by Gasteiger charge is -2.23. The maximum atomic E-state index is 14.0. The number of carbonyl (C=O) groups is 3. The normalized spacial score (nSPS) is 14.3. The van der Waals surface area contributed by atoms with Crippen molar-refractivity contribution in [2.75, 3.05) is 29.2 Å². The van der Waals surface area contributed by atoms with Crippen molar-refractivity contribution < 1.29 is 23.5 Å². The highest BCUT2D eigenvalue weighted by Crippen LogP contribution is 2.28. The molecule has 0 spiro atoms. The third-order valence-electron chi connectivity index (χ3n) is 6.96. The summed E-state index contributed by atoms with van der Waals surface area (Å²) in [5.41, 5.74) is 10.3. The molecule has 1 aliphatic heterocycles. The Morgan fingerprint density at radius 2 is 1.78 bits per heavy atom. The number of aromatic nitrogens is 1. The minimum absolute atomic E-state index is 0.0221. The number of nitrogens with one attached hydrogen (secondary N) is 2. The highest BCUT2D eigenvalue weighted by Gasteiger charge is 2.30. The van der Waals surface area contributed by atoms with E-state index in [2.05, 4.69) is 15.6 Å². The van der Waals surface area contributed by atoms with Gasteiger partial charge in [0.2, 0.25) is 0 Å². The lowest BCUT2D eigenvalue weighted by Crippen LogP contribution is -2.35. The van der Waals surface area contributed by atoms with Crippen molar-refractivity contribution in [3.8, 4) is 11.1 Å². The molecule has 9 nitrogen and oxygen atoms in total. The number of cyclic esters (lactones) is 1. The number of anilines is 3. The van der Waals surface area contributed by atoms with E-state index in [1.54, 1.807) is 48.5 Å². The van der Waals surface area contributed by atoms with E-state index < -0.39 is 11.7 Å². The Labute approximate surface area is 236 Å². The van der Waals surface area contributed by atoms with Crippen LogP contribution in [0.3, 0.4) is 0 Å². The van der Waals surface area contributed by atoms with Crippen molar-refractivity contribution in [3.05, 3.63) is 108 Å². The second-order valence-corrected chi connectivity index (χ2v) is 9.55. The summed E-state index contributed by atoms with van der Waals surface area (Å²) < 4.78 is 19.0. The van der Waals surface area contributed by atoms with Crippen LogP contribution in [0.5, 0.6) is 0 Å². The molecule has 5 rings (SSSR count). The van der Waals surface area contributed by atoms with E-state index in [9.17, 15) is 18.8 Å². The van der Waals surface area contributed by atoms with Crippen LogP contribution in [0.25, 0.3) is 11.1 Å². The van der Waals surface area contributed by atoms with Gasteiger partial charge in [0.25, 0.3) is 11.8 Å². The zero-order valence-electron chi connectivity index (χ0n) is 22.3. The first-order chi connectivity index (χ1) is 19.8. The number of halogens is 1. The van der Waals surface area contributed by atoms with Crippen molar-refractivity contribution in [1.29, 1.82) is 0 Å². The third-order valence-corrected chi connectivity index (χ3v) is 6.96. The molecule has 1 aliphatic rings. The molecule has 4 aromatic rings. The van der Waals surface area contributed by atoms with Gasteiger partial charge in [0.1, 0.15) is 6.04 Å². The number of ether oxygens (including phenoxy) is 1. The number of pyridine rings is 1. The molecule has 1 fully saturated rings. The highest BCUT2D eigenvalue weighted by molar-refractivity contribution is 6.06. The van der Waals surface area contributed by atoms with Crippen LogP contribution in [0.1, 0.15) is 32.7 Å². The molecular weight excluding hydrogens is 525 g/mol. The lowest BCUT2D eigenvalue weighted by atomic mass is 9.95. The molecule has 41 heavy (non-hydrogen) atoms. The summed E-state index contributed by atoms with van der Waals surface area (Å²) in [4.78, 5) is 43.4. The summed E-state index contributed by atoms with van der Waals surface area (Å²) in [7, 11) is 1.84. The van der Waals surface area contributed by atoms with Crippen LogP contribution in [0, 0.1) is 5.82 Å². The predicted octanol–water partition coefficient (Wildman–Crippen LogP) is 4.60. The molecular formula is C31H28FN5O4. The topological polar surface area (TPSA) is 127 Å². The number of benzene rings is 3. The molecule has 10 heteroatoms. The summed E-state index contributed by atoms with van der Waals surface area (Å²) in [6, 6.07) is 20.3. The number of nitrogens with zero attached hydrogens (tertiary/aromatic N) is 2. The zero-order valence-corrected chi connectivity index (χ0v) is 22.3. The van der Waals surface area contributed by atoms with Crippen molar-refractivity contribution in [2.45, 2.75) is 19.0 Å². The quantitative estimate of drug-likeness (QED) is 0.272. The first kappa shape index (κ1) is 27.5. The van der Waals surface area contributed by atoms with Crippen LogP contribution in [0.4, 0.5) is 21.5 Å². The van der Waals surface area contributed by atoms with Crippen LogP contribution in [0.15, 0.2) is 85.2 Å². The number of likely N-dealkylation sites (N-methyl/N-ethyl adjacent to an activating group) is 1. The monoisotopic (exact) mass is 553 g/mol. The van der Waals surface area contributed by atoms with Gasteiger partial charge in [0, 0.05) is 48.7 Å². The number of amides is 2. The molecule has 1 unspecified atom stereocenters. The Kier molecular flexibility index (Phi) is 8.02. The number of rotatable bonds is 8. The van der Waals surface area contributed by atoms with Crippen molar-refractivity contribution in [2.24, 2.45) is 5.73 Å². The van der Waals surface area contributed by atoms with Crippen LogP contribution in [-0.2, 0) is 16.1 Å². The zero-order chi connectivity index (χ0) is 28.9. The first-order valence-corrected chi connectivity index (χ1v) is 13.0. The Morgan fingerprint density at radius 1 is 1.02 bits per heavy atom. The fourth-order valence-corrected chi connectivity index (χ4v) is 4.66. The molecule has 4 N–H and O–H groups in total. The Balaban J connectivity index is 1.33. The standard InChI is InChI=1S/C31H28FN5O4/c1-37(28-12-14-41-31(28)40)24-9-7-23(8-10-24)35-29(38)20-4-2-3-19(15-20)25-16-21(5-6-22(25)17-33)30(39)36-27-11-13-34-18-26(27)32/h2-11,13,15-16,18,28H,12,14,17,33H2,1H3,(H,35,38)(H,34,36,39). The smallest absolute Gasteiger partial charge is 0.328 e. The van der Waals surface area contributed by atoms with E-state index in [-0.39, 0.29) is 30.2 Å². The van der Waals surface area contributed by atoms with Gasteiger partial charge in [-0.05, 0) is 71.3 Å².